The van der Waals surface area contributed by atoms with Gasteiger partial charge in [-0.2, -0.15) is 0 Å². The van der Waals surface area contributed by atoms with Gasteiger partial charge in [-0.3, -0.25) is 4.98 Å². The Kier molecular flexibility index (Phi) is 4.91. The summed E-state index contributed by atoms with van der Waals surface area (Å²) in [5.74, 6) is 0. The molecule has 0 aliphatic rings. The van der Waals surface area contributed by atoms with Crippen molar-refractivity contribution in [1.82, 2.24) is 4.98 Å². The molecule has 100 valence electrons. The number of ether oxygens (including phenoxy) is 1. The molecule has 0 fully saturated rings. The van der Waals surface area contributed by atoms with Crippen LogP contribution in [0.1, 0.15) is 24.2 Å². The highest BCUT2D eigenvalue weighted by atomic mass is 35.5. The zero-order valence-electron chi connectivity index (χ0n) is 10.8. The highest BCUT2D eigenvalue weighted by Gasteiger charge is 2.16. The topological polar surface area (TPSA) is 48.1 Å². The van der Waals surface area contributed by atoms with Crippen LogP contribution in [0.5, 0.6) is 0 Å². The lowest BCUT2D eigenvalue weighted by atomic mass is 10.1. The lowest BCUT2D eigenvalue weighted by Crippen LogP contribution is -2.26. The average molecular weight is 277 g/mol. The Hall–Kier alpha value is -1.42. The van der Waals surface area contributed by atoms with Gasteiger partial charge in [0.1, 0.15) is 0 Å². The van der Waals surface area contributed by atoms with E-state index < -0.39 is 0 Å². The molecule has 2 atom stereocenters. The summed E-state index contributed by atoms with van der Waals surface area (Å²) < 4.78 is 5.92. The first-order chi connectivity index (χ1) is 9.16. The number of hydrogen-bond acceptors (Lipinski definition) is 3. The number of halogens is 1. The summed E-state index contributed by atoms with van der Waals surface area (Å²) in [6.07, 6.45) is 3.34. The Morgan fingerprint density at radius 2 is 2.00 bits per heavy atom. The molecule has 1 heterocycles. The smallest absolute Gasteiger partial charge is 0.0978 e. The summed E-state index contributed by atoms with van der Waals surface area (Å²) in [6, 6.07) is 11.4. The standard InChI is InChI=1S/C15H17ClN2O/c1-11(17)15(13-5-7-18-8-6-13)19-10-12-3-2-4-14(16)9-12/h2-9,11,15H,10,17H2,1H3. The van der Waals surface area contributed by atoms with Crippen molar-refractivity contribution >= 4 is 11.6 Å². The van der Waals surface area contributed by atoms with Crippen molar-refractivity contribution in [3.05, 3.63) is 64.9 Å². The Balaban J connectivity index is 2.06. The van der Waals surface area contributed by atoms with Crippen LogP contribution in [0.25, 0.3) is 0 Å². The van der Waals surface area contributed by atoms with Crippen LogP contribution in [0.2, 0.25) is 5.02 Å². The van der Waals surface area contributed by atoms with E-state index in [0.717, 1.165) is 11.1 Å². The van der Waals surface area contributed by atoms with Gasteiger partial charge in [0.25, 0.3) is 0 Å². The van der Waals surface area contributed by atoms with Gasteiger partial charge in [0, 0.05) is 23.5 Å². The van der Waals surface area contributed by atoms with Crippen molar-refractivity contribution in [2.75, 3.05) is 0 Å². The van der Waals surface area contributed by atoms with E-state index in [4.69, 9.17) is 22.1 Å². The molecule has 0 amide bonds. The summed E-state index contributed by atoms with van der Waals surface area (Å²) in [6.45, 7) is 2.41. The van der Waals surface area contributed by atoms with Gasteiger partial charge in [0.2, 0.25) is 0 Å². The van der Waals surface area contributed by atoms with Crippen molar-refractivity contribution < 1.29 is 4.74 Å². The lowest BCUT2D eigenvalue weighted by molar-refractivity contribution is 0.0258. The quantitative estimate of drug-likeness (QED) is 0.911. The van der Waals surface area contributed by atoms with Gasteiger partial charge in [0.05, 0.1) is 12.7 Å². The van der Waals surface area contributed by atoms with E-state index in [1.54, 1.807) is 12.4 Å². The minimum absolute atomic E-state index is 0.0958. The lowest BCUT2D eigenvalue weighted by Gasteiger charge is -2.21. The van der Waals surface area contributed by atoms with E-state index in [2.05, 4.69) is 4.98 Å². The molecule has 0 radical (unpaired) electrons. The van der Waals surface area contributed by atoms with Crippen LogP contribution < -0.4 is 5.73 Å². The van der Waals surface area contributed by atoms with Gasteiger partial charge < -0.3 is 10.5 Å². The summed E-state index contributed by atoms with van der Waals surface area (Å²) in [5.41, 5.74) is 8.06. The van der Waals surface area contributed by atoms with Crippen molar-refractivity contribution in [3.8, 4) is 0 Å². The fraction of sp³-hybridized carbons (Fsp3) is 0.267. The molecule has 0 saturated heterocycles. The summed E-state index contributed by atoms with van der Waals surface area (Å²) in [7, 11) is 0. The SMILES string of the molecule is CC(N)C(OCc1cccc(Cl)c1)c1ccncc1. The zero-order chi connectivity index (χ0) is 13.7. The van der Waals surface area contributed by atoms with Gasteiger partial charge in [-0.25, -0.2) is 0 Å². The normalized spacial score (nSPS) is 14.1. The first kappa shape index (κ1) is 14.0. The van der Waals surface area contributed by atoms with Crippen molar-refractivity contribution in [1.29, 1.82) is 0 Å². The first-order valence-electron chi connectivity index (χ1n) is 6.18. The van der Waals surface area contributed by atoms with E-state index in [1.165, 1.54) is 0 Å². The van der Waals surface area contributed by atoms with E-state index in [1.807, 2.05) is 43.3 Å². The molecule has 0 bridgehead atoms. The van der Waals surface area contributed by atoms with Crippen LogP contribution in [0.3, 0.4) is 0 Å². The number of pyridine rings is 1. The predicted molar refractivity (Wildman–Crippen MR) is 76.9 cm³/mol. The maximum Gasteiger partial charge on any atom is 0.0978 e. The molecular formula is C15H17ClN2O. The number of nitrogens with zero attached hydrogens (tertiary/aromatic N) is 1. The summed E-state index contributed by atoms with van der Waals surface area (Å²) in [4.78, 5) is 4.00. The molecular weight excluding hydrogens is 260 g/mol. The van der Waals surface area contributed by atoms with E-state index >= 15 is 0 Å². The highest BCUT2D eigenvalue weighted by Crippen LogP contribution is 2.22. The molecule has 2 rings (SSSR count). The zero-order valence-corrected chi connectivity index (χ0v) is 11.5. The Morgan fingerprint density at radius 3 is 2.63 bits per heavy atom. The summed E-state index contributed by atoms with van der Waals surface area (Å²) >= 11 is 5.95. The fourth-order valence-corrected chi connectivity index (χ4v) is 2.13. The monoisotopic (exact) mass is 276 g/mol. The number of nitrogens with two attached hydrogens (primary N) is 1. The van der Waals surface area contributed by atoms with E-state index in [-0.39, 0.29) is 12.1 Å². The maximum absolute atomic E-state index is 5.99. The molecule has 2 aromatic rings. The maximum atomic E-state index is 5.99. The third kappa shape index (κ3) is 4.03. The molecule has 3 nitrogen and oxygen atoms in total. The van der Waals surface area contributed by atoms with Gasteiger partial charge >= 0.3 is 0 Å². The Morgan fingerprint density at radius 1 is 1.26 bits per heavy atom. The number of aromatic nitrogens is 1. The minimum Gasteiger partial charge on any atom is -0.367 e. The molecule has 4 heteroatoms. The van der Waals surface area contributed by atoms with Gasteiger partial charge in [0.15, 0.2) is 0 Å². The Labute approximate surface area is 118 Å². The fourth-order valence-electron chi connectivity index (χ4n) is 1.92. The van der Waals surface area contributed by atoms with Crippen molar-refractivity contribution in [2.24, 2.45) is 5.73 Å². The largest absolute Gasteiger partial charge is 0.367 e. The molecule has 0 aliphatic heterocycles. The predicted octanol–water partition coefficient (Wildman–Crippen LogP) is 3.34. The van der Waals surface area contributed by atoms with Crippen LogP contribution in [0.4, 0.5) is 0 Å². The molecule has 0 aliphatic carbocycles. The van der Waals surface area contributed by atoms with Crippen LogP contribution in [0.15, 0.2) is 48.8 Å². The molecule has 0 spiro atoms. The first-order valence-corrected chi connectivity index (χ1v) is 6.56. The van der Waals surface area contributed by atoms with Crippen molar-refractivity contribution in [3.63, 3.8) is 0 Å². The second-order valence-corrected chi connectivity index (χ2v) is 4.94. The second kappa shape index (κ2) is 6.66. The van der Waals surface area contributed by atoms with Gasteiger partial charge in [-0.1, -0.05) is 23.7 Å². The molecule has 19 heavy (non-hydrogen) atoms. The van der Waals surface area contributed by atoms with Crippen LogP contribution in [-0.4, -0.2) is 11.0 Å². The minimum atomic E-state index is -0.151. The van der Waals surface area contributed by atoms with Crippen LogP contribution >= 0.6 is 11.6 Å². The molecule has 0 saturated carbocycles. The number of benzene rings is 1. The number of hydrogen-bond donors (Lipinski definition) is 1. The van der Waals surface area contributed by atoms with Gasteiger partial charge in [-0.05, 0) is 42.3 Å². The number of rotatable bonds is 5. The third-order valence-corrected chi connectivity index (χ3v) is 3.07. The van der Waals surface area contributed by atoms with Crippen LogP contribution in [0, 0.1) is 0 Å². The molecule has 2 N–H and O–H groups in total. The molecule has 1 aromatic heterocycles. The second-order valence-electron chi connectivity index (χ2n) is 4.50. The Bertz CT molecular complexity index is 517. The van der Waals surface area contributed by atoms with Crippen LogP contribution in [-0.2, 0) is 11.3 Å². The van der Waals surface area contributed by atoms with E-state index in [0.29, 0.717) is 11.6 Å². The summed E-state index contributed by atoms with van der Waals surface area (Å²) in [5, 5.41) is 0.711. The average Bonchev–Trinajstić information content (AvgIpc) is 2.40. The van der Waals surface area contributed by atoms with E-state index in [9.17, 15) is 0 Å². The molecule has 2 unspecified atom stereocenters. The third-order valence-electron chi connectivity index (χ3n) is 2.83. The van der Waals surface area contributed by atoms with Gasteiger partial charge in [-0.15, -0.1) is 0 Å². The highest BCUT2D eigenvalue weighted by molar-refractivity contribution is 6.30. The molecule has 1 aromatic carbocycles. The van der Waals surface area contributed by atoms with Crippen molar-refractivity contribution in [2.45, 2.75) is 25.7 Å².